The fraction of sp³-hybridized carbons (Fsp3) is 0.250. The van der Waals surface area contributed by atoms with Gasteiger partial charge >= 0.3 is 0 Å². The Morgan fingerprint density at radius 1 is 0.714 bits per heavy atom. The Morgan fingerprint density at radius 2 is 1.38 bits per heavy atom. The van der Waals surface area contributed by atoms with Crippen LogP contribution in [-0.2, 0) is 0 Å². The van der Waals surface area contributed by atoms with Crippen molar-refractivity contribution in [3.8, 4) is 11.3 Å². The number of pyridine rings is 1. The average molecular weight is 275 g/mol. The second-order valence-corrected chi connectivity index (χ2v) is 6.10. The van der Waals surface area contributed by atoms with Crippen LogP contribution in [0.25, 0.3) is 22.2 Å². The van der Waals surface area contributed by atoms with Crippen LogP contribution in [0.15, 0.2) is 36.4 Å². The molecule has 0 radical (unpaired) electrons. The molecule has 0 aliphatic heterocycles. The van der Waals surface area contributed by atoms with Gasteiger partial charge in [-0.3, -0.25) is 0 Å². The van der Waals surface area contributed by atoms with Gasteiger partial charge in [0.15, 0.2) is 0 Å². The van der Waals surface area contributed by atoms with Crippen molar-refractivity contribution in [1.29, 1.82) is 0 Å². The molecule has 0 aliphatic rings. The van der Waals surface area contributed by atoms with Gasteiger partial charge in [-0.15, -0.1) is 0 Å². The van der Waals surface area contributed by atoms with Gasteiger partial charge in [0.2, 0.25) is 0 Å². The second-order valence-electron chi connectivity index (χ2n) is 6.10. The molecule has 0 atom stereocenters. The Kier molecular flexibility index (Phi) is 3.29. The number of rotatable bonds is 1. The SMILES string of the molecule is Cc1cc(C)cc(-c2nc3ccc(C)c(C)c3cc2C)c1. The molecule has 0 amide bonds. The van der Waals surface area contributed by atoms with Gasteiger partial charge in [0.25, 0.3) is 0 Å². The summed E-state index contributed by atoms with van der Waals surface area (Å²) in [4.78, 5) is 4.93. The fourth-order valence-electron chi connectivity index (χ4n) is 3.00. The highest BCUT2D eigenvalue weighted by Gasteiger charge is 2.09. The highest BCUT2D eigenvalue weighted by Crippen LogP contribution is 2.29. The number of hydrogen-bond donors (Lipinski definition) is 0. The summed E-state index contributed by atoms with van der Waals surface area (Å²) in [5.41, 5.74) is 9.84. The molecule has 0 unspecified atom stereocenters. The maximum Gasteiger partial charge on any atom is 0.0739 e. The van der Waals surface area contributed by atoms with Crippen molar-refractivity contribution >= 4 is 10.9 Å². The maximum atomic E-state index is 4.93. The molecule has 0 spiro atoms. The molecule has 0 aliphatic carbocycles. The Morgan fingerprint density at radius 3 is 2.05 bits per heavy atom. The summed E-state index contributed by atoms with van der Waals surface area (Å²) in [6.07, 6.45) is 0. The third kappa shape index (κ3) is 2.44. The highest BCUT2D eigenvalue weighted by molar-refractivity contribution is 5.87. The van der Waals surface area contributed by atoms with E-state index in [1.165, 1.54) is 38.8 Å². The molecular weight excluding hydrogens is 254 g/mol. The number of aromatic nitrogens is 1. The van der Waals surface area contributed by atoms with E-state index in [2.05, 4.69) is 71.0 Å². The van der Waals surface area contributed by atoms with Crippen molar-refractivity contribution in [3.63, 3.8) is 0 Å². The van der Waals surface area contributed by atoms with E-state index >= 15 is 0 Å². The van der Waals surface area contributed by atoms with E-state index in [0.717, 1.165) is 11.2 Å². The molecule has 0 saturated heterocycles. The fourth-order valence-corrected chi connectivity index (χ4v) is 3.00. The van der Waals surface area contributed by atoms with E-state index in [4.69, 9.17) is 4.98 Å². The lowest BCUT2D eigenvalue weighted by Crippen LogP contribution is -1.94. The van der Waals surface area contributed by atoms with E-state index in [9.17, 15) is 0 Å². The Hall–Kier alpha value is -2.15. The van der Waals surface area contributed by atoms with Gasteiger partial charge in [-0.25, -0.2) is 4.98 Å². The lowest BCUT2D eigenvalue weighted by Gasteiger charge is -2.12. The molecule has 0 saturated carbocycles. The summed E-state index contributed by atoms with van der Waals surface area (Å²) in [6, 6.07) is 13.2. The summed E-state index contributed by atoms with van der Waals surface area (Å²) in [6.45, 7) is 10.8. The van der Waals surface area contributed by atoms with Gasteiger partial charge in [0, 0.05) is 10.9 Å². The molecular formula is C20H21N. The lowest BCUT2D eigenvalue weighted by molar-refractivity contribution is 1.28. The number of fused-ring (bicyclic) bond motifs is 1. The smallest absolute Gasteiger partial charge is 0.0739 e. The predicted octanol–water partition coefficient (Wildman–Crippen LogP) is 5.44. The van der Waals surface area contributed by atoms with E-state index in [1.54, 1.807) is 0 Å². The highest BCUT2D eigenvalue weighted by atomic mass is 14.7. The summed E-state index contributed by atoms with van der Waals surface area (Å²) in [5.74, 6) is 0. The van der Waals surface area contributed by atoms with Crippen molar-refractivity contribution in [1.82, 2.24) is 4.98 Å². The number of hydrogen-bond acceptors (Lipinski definition) is 1. The van der Waals surface area contributed by atoms with Crippen LogP contribution in [0.3, 0.4) is 0 Å². The second kappa shape index (κ2) is 5.00. The maximum absolute atomic E-state index is 4.93. The Bertz CT molecular complexity index is 824. The van der Waals surface area contributed by atoms with Crippen LogP contribution in [0.1, 0.15) is 27.8 Å². The third-order valence-corrected chi connectivity index (χ3v) is 4.22. The van der Waals surface area contributed by atoms with Gasteiger partial charge in [-0.05, 0) is 75.6 Å². The molecule has 0 N–H and O–H groups in total. The zero-order chi connectivity index (χ0) is 15.1. The summed E-state index contributed by atoms with van der Waals surface area (Å²) >= 11 is 0. The van der Waals surface area contributed by atoms with Crippen molar-refractivity contribution in [2.24, 2.45) is 0 Å². The first-order valence-corrected chi connectivity index (χ1v) is 7.42. The minimum absolute atomic E-state index is 1.08. The number of aryl methyl sites for hydroxylation is 5. The molecule has 0 bridgehead atoms. The Labute approximate surface area is 126 Å². The third-order valence-electron chi connectivity index (χ3n) is 4.22. The van der Waals surface area contributed by atoms with Crippen molar-refractivity contribution < 1.29 is 0 Å². The first kappa shape index (κ1) is 13.8. The Balaban J connectivity index is 2.29. The molecule has 1 nitrogen and oxygen atoms in total. The lowest BCUT2D eigenvalue weighted by atomic mass is 9.98. The van der Waals surface area contributed by atoms with Gasteiger partial charge in [-0.2, -0.15) is 0 Å². The van der Waals surface area contributed by atoms with E-state index in [1.807, 2.05) is 0 Å². The summed E-state index contributed by atoms with van der Waals surface area (Å²) in [5, 5.41) is 1.26. The van der Waals surface area contributed by atoms with Gasteiger partial charge < -0.3 is 0 Å². The molecule has 3 aromatic rings. The molecule has 21 heavy (non-hydrogen) atoms. The molecule has 1 aromatic heterocycles. The van der Waals surface area contributed by atoms with Crippen LogP contribution in [0.5, 0.6) is 0 Å². The topological polar surface area (TPSA) is 12.9 Å². The predicted molar refractivity (Wildman–Crippen MR) is 90.9 cm³/mol. The van der Waals surface area contributed by atoms with Gasteiger partial charge in [-0.1, -0.05) is 23.3 Å². The minimum Gasteiger partial charge on any atom is -0.248 e. The van der Waals surface area contributed by atoms with Crippen LogP contribution >= 0.6 is 0 Å². The van der Waals surface area contributed by atoms with E-state index in [-0.39, 0.29) is 0 Å². The zero-order valence-electron chi connectivity index (χ0n) is 13.4. The molecule has 3 rings (SSSR count). The number of nitrogens with zero attached hydrogens (tertiary/aromatic N) is 1. The van der Waals surface area contributed by atoms with Crippen molar-refractivity contribution in [2.75, 3.05) is 0 Å². The number of benzene rings is 2. The zero-order valence-corrected chi connectivity index (χ0v) is 13.4. The summed E-state index contributed by atoms with van der Waals surface area (Å²) in [7, 11) is 0. The van der Waals surface area contributed by atoms with Crippen LogP contribution < -0.4 is 0 Å². The van der Waals surface area contributed by atoms with Crippen LogP contribution in [0, 0.1) is 34.6 Å². The molecule has 0 fully saturated rings. The van der Waals surface area contributed by atoms with E-state index < -0.39 is 0 Å². The van der Waals surface area contributed by atoms with Crippen LogP contribution in [0.4, 0.5) is 0 Å². The monoisotopic (exact) mass is 275 g/mol. The van der Waals surface area contributed by atoms with E-state index in [0.29, 0.717) is 0 Å². The normalized spacial score (nSPS) is 11.1. The first-order valence-electron chi connectivity index (χ1n) is 7.42. The van der Waals surface area contributed by atoms with Crippen molar-refractivity contribution in [2.45, 2.75) is 34.6 Å². The van der Waals surface area contributed by atoms with Crippen LogP contribution in [-0.4, -0.2) is 4.98 Å². The standard InChI is InChI=1S/C20H21N/c1-12-8-13(2)10-17(9-12)20-15(4)11-18-16(5)14(3)6-7-19(18)21-20/h6-11H,1-5H3. The van der Waals surface area contributed by atoms with Gasteiger partial charge in [0.1, 0.15) is 0 Å². The first-order chi connectivity index (χ1) is 9.95. The van der Waals surface area contributed by atoms with Gasteiger partial charge in [0.05, 0.1) is 11.2 Å². The quantitative estimate of drug-likeness (QED) is 0.576. The largest absolute Gasteiger partial charge is 0.248 e. The molecule has 1 heterocycles. The molecule has 2 aromatic carbocycles. The van der Waals surface area contributed by atoms with Crippen LogP contribution in [0.2, 0.25) is 0 Å². The van der Waals surface area contributed by atoms with Crippen molar-refractivity contribution in [3.05, 3.63) is 64.2 Å². The minimum atomic E-state index is 1.08. The molecule has 106 valence electrons. The molecule has 1 heteroatoms. The average Bonchev–Trinajstić information content (AvgIpc) is 2.42. The summed E-state index contributed by atoms with van der Waals surface area (Å²) < 4.78 is 0.